The molecule has 2 fully saturated rings. The van der Waals surface area contributed by atoms with Crippen LogP contribution in [-0.2, 0) is 23.7 Å². The zero-order valence-corrected chi connectivity index (χ0v) is 12.7. The molecule has 0 aromatic carbocycles. The monoisotopic (exact) mass is 283 g/mol. The first-order chi connectivity index (χ1) is 9.13. The lowest BCUT2D eigenvalue weighted by atomic mass is 9.94. The fraction of sp³-hybridized carbons (Fsp3) is 0.733. The molecule has 0 aromatic heterocycles. The first kappa shape index (κ1) is 15.4. The summed E-state index contributed by atoms with van der Waals surface area (Å²) >= 11 is 0. The van der Waals surface area contributed by atoms with E-state index in [0.717, 1.165) is 0 Å². The third-order valence-electron chi connectivity index (χ3n) is 3.24. The Kier molecular flexibility index (Phi) is 3.88. The van der Waals surface area contributed by atoms with Crippen LogP contribution in [0, 0.1) is 12.5 Å². The smallest absolute Gasteiger partial charge is 0.343 e. The summed E-state index contributed by atoms with van der Waals surface area (Å²) in [5, 5.41) is 0. The average molecular weight is 283 g/mol. The Hall–Kier alpha value is -1.04. The van der Waals surface area contributed by atoms with E-state index in [1.807, 2.05) is 26.0 Å². The number of hydrogen-bond acceptors (Lipinski definition) is 5. The maximum atomic E-state index is 11.8. The molecule has 0 bridgehead atoms. The highest BCUT2D eigenvalue weighted by Crippen LogP contribution is 2.36. The molecule has 0 saturated carbocycles. The molecular formula is C15H23O5+. The molecule has 112 valence electrons. The maximum absolute atomic E-state index is 11.8. The van der Waals surface area contributed by atoms with Crippen LogP contribution in [0.3, 0.4) is 0 Å². The summed E-state index contributed by atoms with van der Waals surface area (Å²) < 4.78 is 21.9. The minimum atomic E-state index is -0.807. The lowest BCUT2D eigenvalue weighted by molar-refractivity contribution is -0.318. The van der Waals surface area contributed by atoms with Crippen LogP contribution in [0.1, 0.15) is 34.6 Å². The van der Waals surface area contributed by atoms with Crippen molar-refractivity contribution in [2.75, 3.05) is 0 Å². The molecule has 0 aromatic rings. The predicted molar refractivity (Wildman–Crippen MR) is 72.5 cm³/mol. The van der Waals surface area contributed by atoms with Gasteiger partial charge >= 0.3 is 5.97 Å². The van der Waals surface area contributed by atoms with Gasteiger partial charge in [0.1, 0.15) is 12.2 Å². The molecule has 0 spiro atoms. The normalized spacial score (nSPS) is 37.0. The van der Waals surface area contributed by atoms with Gasteiger partial charge in [-0.2, -0.15) is 4.74 Å². The third kappa shape index (κ3) is 3.16. The lowest BCUT2D eigenvalue weighted by Crippen LogP contribution is -2.54. The van der Waals surface area contributed by atoms with Crippen molar-refractivity contribution < 1.29 is 23.7 Å². The molecule has 0 amide bonds. The third-order valence-corrected chi connectivity index (χ3v) is 3.24. The van der Waals surface area contributed by atoms with Gasteiger partial charge in [0.05, 0.1) is 0 Å². The summed E-state index contributed by atoms with van der Waals surface area (Å²) in [6, 6.07) is 0. The summed E-state index contributed by atoms with van der Waals surface area (Å²) in [6.45, 7) is 9.89. The highest BCUT2D eigenvalue weighted by Gasteiger charge is 2.56. The fourth-order valence-corrected chi connectivity index (χ4v) is 2.40. The minimum Gasteiger partial charge on any atom is -0.454 e. The number of carbonyl (C=O) groups is 1. The second-order valence-electron chi connectivity index (χ2n) is 6.78. The van der Waals surface area contributed by atoms with Gasteiger partial charge in [0.15, 0.2) is 11.9 Å². The molecule has 5 nitrogen and oxygen atoms in total. The van der Waals surface area contributed by atoms with E-state index >= 15 is 0 Å². The van der Waals surface area contributed by atoms with Crippen molar-refractivity contribution in [2.24, 2.45) is 5.41 Å². The number of rotatable bonds is 2. The van der Waals surface area contributed by atoms with E-state index in [0.29, 0.717) is 0 Å². The van der Waals surface area contributed by atoms with Crippen LogP contribution in [0.5, 0.6) is 0 Å². The quantitative estimate of drug-likeness (QED) is 0.442. The Labute approximate surface area is 120 Å². The van der Waals surface area contributed by atoms with Gasteiger partial charge in [-0.05, 0) is 19.3 Å². The van der Waals surface area contributed by atoms with Gasteiger partial charge in [-0.15, -0.1) is 0 Å². The topological polar surface area (TPSA) is 54.0 Å². The van der Waals surface area contributed by atoms with Gasteiger partial charge in [-0.25, -0.2) is 4.79 Å². The van der Waals surface area contributed by atoms with Crippen molar-refractivity contribution in [3.05, 3.63) is 19.3 Å². The summed E-state index contributed by atoms with van der Waals surface area (Å²) in [5.41, 5.74) is 0.0200. The van der Waals surface area contributed by atoms with Gasteiger partial charge in [-0.3, -0.25) is 0 Å². The second kappa shape index (κ2) is 5.06. The van der Waals surface area contributed by atoms with Crippen LogP contribution in [0.25, 0.3) is 0 Å². The summed E-state index contributed by atoms with van der Waals surface area (Å²) in [5.74, 6) is -1.26. The molecule has 2 aliphatic rings. The van der Waals surface area contributed by atoms with Gasteiger partial charge in [0.2, 0.25) is 13.2 Å². The Morgan fingerprint density at radius 3 is 2.45 bits per heavy atom. The van der Waals surface area contributed by atoms with Crippen LogP contribution in [0.4, 0.5) is 0 Å². The molecule has 0 radical (unpaired) electrons. The van der Waals surface area contributed by atoms with Gasteiger partial charge in [-0.1, -0.05) is 32.9 Å². The standard InChI is InChI=1S/C15H23O5/c1-14(2,3)8-7-9-10-11(20-15(4,5)19-9)12(17-6)13(16)18-10/h7-12H,6H2,1-5H3/q+1/b8-7+/t9-,10+,11-,12-/m1/s1. The Balaban J connectivity index is 2.24. The zero-order chi connectivity index (χ0) is 15.1. The van der Waals surface area contributed by atoms with Crippen LogP contribution in [0.2, 0.25) is 0 Å². The number of allylic oxidation sites excluding steroid dienone is 1. The van der Waals surface area contributed by atoms with E-state index in [1.165, 1.54) is 0 Å². The maximum Gasteiger partial charge on any atom is 0.343 e. The van der Waals surface area contributed by atoms with Gasteiger partial charge < -0.3 is 14.2 Å². The molecule has 0 aliphatic carbocycles. The molecule has 2 rings (SSSR count). The van der Waals surface area contributed by atoms with Crippen LogP contribution >= 0.6 is 0 Å². The molecule has 20 heavy (non-hydrogen) atoms. The van der Waals surface area contributed by atoms with Crippen LogP contribution in [0.15, 0.2) is 12.2 Å². The summed E-state index contributed by atoms with van der Waals surface area (Å²) in [6.07, 6.45) is 1.82. The zero-order valence-electron chi connectivity index (χ0n) is 12.7. The first-order valence-electron chi connectivity index (χ1n) is 6.79. The largest absolute Gasteiger partial charge is 0.454 e. The lowest BCUT2D eigenvalue weighted by Gasteiger charge is -2.41. The SMILES string of the molecule is [CH2+]O[C@H]1C(=O)O[C@@H]2[C@H]1OC(C)(C)O[C@@H]2/C=C/C(C)(C)C. The molecule has 0 N–H and O–H groups in total. The van der Waals surface area contributed by atoms with E-state index in [2.05, 4.69) is 27.9 Å². The molecule has 2 heterocycles. The molecule has 2 aliphatic heterocycles. The molecule has 4 atom stereocenters. The van der Waals surface area contributed by atoms with E-state index in [9.17, 15) is 4.79 Å². The Bertz CT molecular complexity index is 407. The van der Waals surface area contributed by atoms with Crippen LogP contribution < -0.4 is 0 Å². The van der Waals surface area contributed by atoms with E-state index in [1.54, 1.807) is 0 Å². The van der Waals surface area contributed by atoms with E-state index in [-0.39, 0.29) is 11.5 Å². The molecule has 5 heteroatoms. The predicted octanol–water partition coefficient (Wildman–Crippen LogP) is 2.21. The number of esters is 1. The number of ether oxygens (including phenoxy) is 4. The second-order valence-corrected chi connectivity index (χ2v) is 6.78. The highest BCUT2D eigenvalue weighted by molar-refractivity contribution is 5.78. The van der Waals surface area contributed by atoms with Crippen molar-refractivity contribution in [3.8, 4) is 0 Å². The summed E-state index contributed by atoms with van der Waals surface area (Å²) in [4.78, 5) is 11.8. The van der Waals surface area contributed by atoms with E-state index in [4.69, 9.17) is 18.9 Å². The fourth-order valence-electron chi connectivity index (χ4n) is 2.40. The van der Waals surface area contributed by atoms with Gasteiger partial charge in [0, 0.05) is 0 Å². The number of hydrogen-bond donors (Lipinski definition) is 0. The van der Waals surface area contributed by atoms with Crippen molar-refractivity contribution in [2.45, 2.75) is 64.8 Å². The highest BCUT2D eigenvalue weighted by atomic mass is 16.8. The van der Waals surface area contributed by atoms with Crippen LogP contribution in [-0.4, -0.2) is 36.2 Å². The van der Waals surface area contributed by atoms with Crippen molar-refractivity contribution in [3.63, 3.8) is 0 Å². The first-order valence-corrected chi connectivity index (χ1v) is 6.79. The minimum absolute atomic E-state index is 0.0200. The number of fused-ring (bicyclic) bond motifs is 1. The van der Waals surface area contributed by atoms with Gasteiger partial charge in [0.25, 0.3) is 0 Å². The average Bonchev–Trinajstić information content (AvgIpc) is 2.59. The van der Waals surface area contributed by atoms with E-state index < -0.39 is 30.1 Å². The molecule has 2 saturated heterocycles. The van der Waals surface area contributed by atoms with Crippen molar-refractivity contribution >= 4 is 5.97 Å². The van der Waals surface area contributed by atoms with Crippen molar-refractivity contribution in [1.29, 1.82) is 0 Å². The Morgan fingerprint density at radius 1 is 1.25 bits per heavy atom. The Morgan fingerprint density at radius 2 is 1.90 bits per heavy atom. The molecule has 0 unspecified atom stereocenters. The molecular weight excluding hydrogens is 260 g/mol. The number of carbonyl (C=O) groups excluding carboxylic acids is 1. The van der Waals surface area contributed by atoms with Crippen molar-refractivity contribution in [1.82, 2.24) is 0 Å². The summed E-state index contributed by atoms with van der Waals surface area (Å²) in [7, 11) is 3.33.